The van der Waals surface area contributed by atoms with E-state index < -0.39 is 16.9 Å². The highest BCUT2D eigenvalue weighted by Crippen LogP contribution is 2.21. The van der Waals surface area contributed by atoms with E-state index in [0.717, 1.165) is 0 Å². The Morgan fingerprint density at radius 2 is 1.96 bits per heavy atom. The second kappa shape index (κ2) is 7.21. The summed E-state index contributed by atoms with van der Waals surface area (Å²) >= 11 is 5.81. The average Bonchev–Trinajstić information content (AvgIpc) is 2.53. The number of hydrogen-bond donors (Lipinski definition) is 2. The Labute approximate surface area is 137 Å². The van der Waals surface area contributed by atoms with Gasteiger partial charge in [-0.1, -0.05) is 29.8 Å². The van der Waals surface area contributed by atoms with Gasteiger partial charge >= 0.3 is 0 Å². The summed E-state index contributed by atoms with van der Waals surface area (Å²) in [6.07, 6.45) is 0. The molecule has 0 bridgehead atoms. The number of nitrogens with one attached hydrogen (secondary N) is 1. The third kappa shape index (κ3) is 4.06. The number of aliphatic hydroxyl groups excluding tert-OH is 1. The second-order valence-electron chi connectivity index (χ2n) is 5.02. The summed E-state index contributed by atoms with van der Waals surface area (Å²) in [6.45, 7) is 1.30. The van der Waals surface area contributed by atoms with Crippen LogP contribution in [0.15, 0.2) is 42.5 Å². The summed E-state index contributed by atoms with van der Waals surface area (Å²) in [5.41, 5.74) is 1.20. The number of carbonyl (C=O) groups excluding carboxylic acids is 1. The minimum atomic E-state index is -0.625. The minimum absolute atomic E-state index is 0.121. The molecule has 2 N–H and O–H groups in total. The predicted octanol–water partition coefficient (Wildman–Crippen LogP) is 3.02. The number of aryl methyl sites for hydroxylation is 1. The van der Waals surface area contributed by atoms with E-state index in [1.54, 1.807) is 31.2 Å². The van der Waals surface area contributed by atoms with Gasteiger partial charge in [-0.15, -0.1) is 0 Å². The number of nitro benzene ring substituents is 1. The van der Waals surface area contributed by atoms with Gasteiger partial charge in [0, 0.05) is 22.2 Å². The maximum Gasteiger partial charge on any atom is 0.273 e. The first kappa shape index (κ1) is 16.9. The number of carbonyl (C=O) groups is 1. The first-order chi connectivity index (χ1) is 10.9. The van der Waals surface area contributed by atoms with Crippen LogP contribution in [0.4, 0.5) is 5.69 Å². The molecule has 120 valence electrons. The fraction of sp³-hybridized carbons (Fsp3) is 0.188. The Morgan fingerprint density at radius 3 is 2.52 bits per heavy atom. The van der Waals surface area contributed by atoms with Crippen molar-refractivity contribution in [3.63, 3.8) is 0 Å². The van der Waals surface area contributed by atoms with Crippen LogP contribution in [0.3, 0.4) is 0 Å². The summed E-state index contributed by atoms with van der Waals surface area (Å²) in [6, 6.07) is 10.3. The number of amides is 1. The molecule has 2 rings (SSSR count). The molecule has 0 aliphatic carbocycles. The van der Waals surface area contributed by atoms with Crippen LogP contribution in [-0.2, 0) is 0 Å². The van der Waals surface area contributed by atoms with Gasteiger partial charge in [-0.3, -0.25) is 14.9 Å². The SMILES string of the molecule is Cc1ccc(C(=O)NC(CO)c2ccc(Cl)cc2)cc1[N+](=O)[O-]. The summed E-state index contributed by atoms with van der Waals surface area (Å²) < 4.78 is 0. The fourth-order valence-corrected chi connectivity index (χ4v) is 2.24. The van der Waals surface area contributed by atoms with Crippen molar-refractivity contribution < 1.29 is 14.8 Å². The molecule has 0 saturated carbocycles. The van der Waals surface area contributed by atoms with E-state index in [9.17, 15) is 20.0 Å². The highest BCUT2D eigenvalue weighted by atomic mass is 35.5. The van der Waals surface area contributed by atoms with Crippen molar-refractivity contribution in [1.82, 2.24) is 5.32 Å². The third-order valence-corrected chi connectivity index (χ3v) is 3.68. The van der Waals surface area contributed by atoms with E-state index in [0.29, 0.717) is 16.1 Å². The Bertz CT molecular complexity index is 731. The van der Waals surface area contributed by atoms with Crippen LogP contribution in [0, 0.1) is 17.0 Å². The second-order valence-corrected chi connectivity index (χ2v) is 5.45. The van der Waals surface area contributed by atoms with Gasteiger partial charge in [0.2, 0.25) is 0 Å². The van der Waals surface area contributed by atoms with Gasteiger partial charge in [-0.05, 0) is 30.7 Å². The Kier molecular flexibility index (Phi) is 5.31. The van der Waals surface area contributed by atoms with E-state index in [2.05, 4.69) is 5.32 Å². The fourth-order valence-electron chi connectivity index (χ4n) is 2.12. The van der Waals surface area contributed by atoms with Crippen molar-refractivity contribution in [3.05, 3.63) is 74.3 Å². The lowest BCUT2D eigenvalue weighted by atomic mass is 10.1. The average molecular weight is 335 g/mol. The number of hydrogen-bond acceptors (Lipinski definition) is 4. The molecule has 7 heteroatoms. The Morgan fingerprint density at radius 1 is 1.30 bits per heavy atom. The van der Waals surface area contributed by atoms with Crippen molar-refractivity contribution >= 4 is 23.2 Å². The van der Waals surface area contributed by atoms with Crippen LogP contribution in [0.2, 0.25) is 5.02 Å². The van der Waals surface area contributed by atoms with Gasteiger partial charge in [0.15, 0.2) is 0 Å². The summed E-state index contributed by atoms with van der Waals surface area (Å²) in [7, 11) is 0. The van der Waals surface area contributed by atoms with Crippen molar-refractivity contribution in [2.45, 2.75) is 13.0 Å². The lowest BCUT2D eigenvalue weighted by Crippen LogP contribution is -2.30. The van der Waals surface area contributed by atoms with Crippen LogP contribution < -0.4 is 5.32 Å². The molecule has 0 saturated heterocycles. The molecule has 0 spiro atoms. The monoisotopic (exact) mass is 334 g/mol. The Hall–Kier alpha value is -2.44. The first-order valence-corrected chi connectivity index (χ1v) is 7.22. The third-order valence-electron chi connectivity index (χ3n) is 3.43. The van der Waals surface area contributed by atoms with Gasteiger partial charge < -0.3 is 10.4 Å². The lowest BCUT2D eigenvalue weighted by molar-refractivity contribution is -0.385. The summed E-state index contributed by atoms with van der Waals surface area (Å²) in [5.74, 6) is -0.498. The lowest BCUT2D eigenvalue weighted by Gasteiger charge is -2.17. The van der Waals surface area contributed by atoms with Crippen LogP contribution in [0.5, 0.6) is 0 Å². The van der Waals surface area contributed by atoms with Crippen LogP contribution in [0.25, 0.3) is 0 Å². The zero-order valence-corrected chi connectivity index (χ0v) is 13.1. The number of nitro groups is 1. The number of rotatable bonds is 5. The molecule has 1 unspecified atom stereocenters. The molecule has 23 heavy (non-hydrogen) atoms. The van der Waals surface area contributed by atoms with E-state index >= 15 is 0 Å². The van der Waals surface area contributed by atoms with Crippen molar-refractivity contribution in [1.29, 1.82) is 0 Å². The number of benzene rings is 2. The van der Waals surface area contributed by atoms with E-state index in [4.69, 9.17) is 11.6 Å². The van der Waals surface area contributed by atoms with E-state index in [1.165, 1.54) is 18.2 Å². The molecule has 6 nitrogen and oxygen atoms in total. The number of halogens is 1. The maximum atomic E-state index is 12.3. The number of aliphatic hydroxyl groups is 1. The molecule has 0 aliphatic rings. The zero-order valence-electron chi connectivity index (χ0n) is 12.3. The zero-order chi connectivity index (χ0) is 17.0. The van der Waals surface area contributed by atoms with Crippen LogP contribution >= 0.6 is 11.6 Å². The Balaban J connectivity index is 2.21. The molecule has 0 aromatic heterocycles. The molecular weight excluding hydrogens is 320 g/mol. The van der Waals surface area contributed by atoms with Gasteiger partial charge in [0.05, 0.1) is 17.6 Å². The van der Waals surface area contributed by atoms with Crippen LogP contribution in [0.1, 0.15) is 27.5 Å². The standard InChI is InChI=1S/C16H15ClN2O4/c1-10-2-3-12(8-15(10)19(22)23)16(21)18-14(9-20)11-4-6-13(17)7-5-11/h2-8,14,20H,9H2,1H3,(H,18,21). The highest BCUT2D eigenvalue weighted by molar-refractivity contribution is 6.30. The largest absolute Gasteiger partial charge is 0.394 e. The van der Waals surface area contributed by atoms with Crippen molar-refractivity contribution in [3.8, 4) is 0 Å². The maximum absolute atomic E-state index is 12.3. The molecule has 2 aromatic rings. The smallest absolute Gasteiger partial charge is 0.273 e. The summed E-state index contributed by atoms with van der Waals surface area (Å²) in [5, 5.41) is 23.6. The molecule has 0 fully saturated rings. The van der Waals surface area contributed by atoms with Gasteiger partial charge in [-0.2, -0.15) is 0 Å². The van der Waals surface area contributed by atoms with Crippen LogP contribution in [-0.4, -0.2) is 22.5 Å². The highest BCUT2D eigenvalue weighted by Gasteiger charge is 2.18. The molecule has 0 aliphatic heterocycles. The molecule has 0 heterocycles. The molecule has 1 amide bonds. The van der Waals surface area contributed by atoms with Gasteiger partial charge in [0.25, 0.3) is 11.6 Å². The van der Waals surface area contributed by atoms with E-state index in [-0.39, 0.29) is 17.9 Å². The number of nitrogens with zero attached hydrogens (tertiary/aromatic N) is 1. The van der Waals surface area contributed by atoms with E-state index in [1.807, 2.05) is 0 Å². The normalized spacial score (nSPS) is 11.8. The quantitative estimate of drug-likeness (QED) is 0.649. The molecule has 1 atom stereocenters. The predicted molar refractivity (Wildman–Crippen MR) is 86.6 cm³/mol. The molecule has 2 aromatic carbocycles. The van der Waals surface area contributed by atoms with Crippen molar-refractivity contribution in [2.24, 2.45) is 0 Å². The topological polar surface area (TPSA) is 92.5 Å². The van der Waals surface area contributed by atoms with Gasteiger partial charge in [0.1, 0.15) is 0 Å². The minimum Gasteiger partial charge on any atom is -0.394 e. The summed E-state index contributed by atoms with van der Waals surface area (Å²) in [4.78, 5) is 22.7. The first-order valence-electron chi connectivity index (χ1n) is 6.84. The molecule has 0 radical (unpaired) electrons. The molecular formula is C16H15ClN2O4. The van der Waals surface area contributed by atoms with Gasteiger partial charge in [-0.25, -0.2) is 0 Å². The van der Waals surface area contributed by atoms with Crippen molar-refractivity contribution in [2.75, 3.05) is 6.61 Å².